The average Bonchev–Trinajstić information content (AvgIpc) is 2.79. The van der Waals surface area contributed by atoms with Crippen LogP contribution in [0, 0.1) is 0 Å². The second-order valence-corrected chi connectivity index (χ2v) is 6.80. The van der Waals surface area contributed by atoms with E-state index in [-0.39, 0.29) is 11.2 Å². The predicted octanol–water partition coefficient (Wildman–Crippen LogP) is -1.78. The van der Waals surface area contributed by atoms with E-state index < -0.39 is 44.4 Å². The van der Waals surface area contributed by atoms with Gasteiger partial charge in [-0.1, -0.05) is 0 Å². The van der Waals surface area contributed by atoms with Crippen LogP contribution in [0.4, 0.5) is 0 Å². The molecule has 2 aromatic rings. The summed E-state index contributed by atoms with van der Waals surface area (Å²) < 4.78 is 27.4. The number of carboxylic acids is 1. The molecule has 0 radical (unpaired) electrons. The van der Waals surface area contributed by atoms with Crippen molar-refractivity contribution < 1.29 is 18.3 Å². The first-order valence-corrected chi connectivity index (χ1v) is 7.80. The van der Waals surface area contributed by atoms with Gasteiger partial charge in [0.25, 0.3) is 5.56 Å². The minimum absolute atomic E-state index is 0.0574. The van der Waals surface area contributed by atoms with Crippen LogP contribution in [0.3, 0.4) is 0 Å². The van der Waals surface area contributed by atoms with Crippen LogP contribution < -0.4 is 11.2 Å². The molecule has 0 aliphatic heterocycles. The standard InChI is InChI=1S/C11H14N4O6S/c1-13-8-7(9(18)15(3)11(19)14(8)2)12-10(13)22(20,21)5-4-6(16)17/h4-5H2,1-3H3,(H,16,17). The molecule has 0 fully saturated rings. The third-order valence-electron chi connectivity index (χ3n) is 3.29. The summed E-state index contributed by atoms with van der Waals surface area (Å²) in [4.78, 5) is 38.3. The number of aryl methyl sites for hydroxylation is 2. The Kier molecular flexibility index (Phi) is 3.69. The first-order chi connectivity index (χ1) is 10.1. The van der Waals surface area contributed by atoms with Crippen LogP contribution in [-0.2, 0) is 35.8 Å². The van der Waals surface area contributed by atoms with E-state index in [1.807, 2.05) is 0 Å². The van der Waals surface area contributed by atoms with Crippen LogP contribution in [0.1, 0.15) is 6.42 Å². The smallest absolute Gasteiger partial charge is 0.332 e. The Labute approximate surface area is 124 Å². The van der Waals surface area contributed by atoms with Gasteiger partial charge in [-0.3, -0.25) is 18.7 Å². The minimum Gasteiger partial charge on any atom is -0.481 e. The molecule has 2 aromatic heterocycles. The Bertz CT molecular complexity index is 994. The van der Waals surface area contributed by atoms with E-state index in [0.29, 0.717) is 0 Å². The van der Waals surface area contributed by atoms with E-state index in [4.69, 9.17) is 5.11 Å². The highest BCUT2D eigenvalue weighted by Crippen LogP contribution is 2.15. The van der Waals surface area contributed by atoms with Crippen molar-refractivity contribution >= 4 is 27.0 Å². The molecule has 0 aliphatic rings. The zero-order valence-electron chi connectivity index (χ0n) is 12.1. The highest BCUT2D eigenvalue weighted by molar-refractivity contribution is 7.91. The molecule has 1 N–H and O–H groups in total. The van der Waals surface area contributed by atoms with Gasteiger partial charge in [-0.05, 0) is 0 Å². The third kappa shape index (κ3) is 2.32. The maximum Gasteiger partial charge on any atom is 0.332 e. The van der Waals surface area contributed by atoms with Gasteiger partial charge in [-0.25, -0.2) is 18.2 Å². The molecular weight excluding hydrogens is 316 g/mol. The molecule has 2 heterocycles. The second kappa shape index (κ2) is 5.09. The van der Waals surface area contributed by atoms with E-state index in [9.17, 15) is 22.8 Å². The molecule has 2 rings (SSSR count). The quantitative estimate of drug-likeness (QED) is 0.700. The molecule has 0 unspecified atom stereocenters. The lowest BCUT2D eigenvalue weighted by atomic mass is 10.5. The molecule has 11 heteroatoms. The molecule has 0 amide bonds. The van der Waals surface area contributed by atoms with Crippen molar-refractivity contribution in [3.63, 3.8) is 0 Å². The maximum absolute atomic E-state index is 12.2. The van der Waals surface area contributed by atoms with Crippen molar-refractivity contribution in [1.29, 1.82) is 0 Å². The number of nitrogens with zero attached hydrogens (tertiary/aromatic N) is 4. The van der Waals surface area contributed by atoms with E-state index in [0.717, 1.165) is 13.7 Å². The average molecular weight is 330 g/mol. The number of aromatic nitrogens is 4. The van der Waals surface area contributed by atoms with Crippen LogP contribution in [0.2, 0.25) is 0 Å². The lowest BCUT2D eigenvalue weighted by Gasteiger charge is -2.06. The SMILES string of the molecule is Cn1c(=O)c2nc(S(=O)(=O)CCC(=O)O)n(C)c2n(C)c1=O. The van der Waals surface area contributed by atoms with Crippen molar-refractivity contribution in [2.45, 2.75) is 11.6 Å². The van der Waals surface area contributed by atoms with Gasteiger partial charge in [0.05, 0.1) is 12.2 Å². The number of imidazole rings is 1. The second-order valence-electron chi connectivity index (χ2n) is 4.79. The maximum atomic E-state index is 12.2. The van der Waals surface area contributed by atoms with Gasteiger partial charge in [-0.15, -0.1) is 0 Å². The molecule has 0 bridgehead atoms. The van der Waals surface area contributed by atoms with E-state index >= 15 is 0 Å². The molecule has 0 aromatic carbocycles. The summed E-state index contributed by atoms with van der Waals surface area (Å²) in [5.41, 5.74) is -1.44. The lowest BCUT2D eigenvalue weighted by molar-refractivity contribution is -0.136. The minimum atomic E-state index is -4.00. The van der Waals surface area contributed by atoms with Crippen molar-refractivity contribution in [2.75, 3.05) is 5.75 Å². The van der Waals surface area contributed by atoms with Gasteiger partial charge in [0.1, 0.15) is 0 Å². The van der Waals surface area contributed by atoms with Crippen LogP contribution in [0.15, 0.2) is 14.7 Å². The summed E-state index contributed by atoms with van der Waals surface area (Å²) in [6.45, 7) is 0. The molecule has 120 valence electrons. The van der Waals surface area contributed by atoms with Gasteiger partial charge in [0.2, 0.25) is 15.0 Å². The van der Waals surface area contributed by atoms with Crippen LogP contribution in [-0.4, -0.2) is 43.9 Å². The number of hydrogen-bond donors (Lipinski definition) is 1. The summed E-state index contributed by atoms with van der Waals surface area (Å²) in [7, 11) is -0.000895. The van der Waals surface area contributed by atoms with E-state index in [2.05, 4.69) is 4.98 Å². The predicted molar refractivity (Wildman–Crippen MR) is 75.5 cm³/mol. The summed E-state index contributed by atoms with van der Waals surface area (Å²) in [6.07, 6.45) is -0.581. The van der Waals surface area contributed by atoms with Gasteiger partial charge in [-0.2, -0.15) is 0 Å². The highest BCUT2D eigenvalue weighted by Gasteiger charge is 2.26. The molecule has 22 heavy (non-hydrogen) atoms. The number of sulfone groups is 1. The third-order valence-corrected chi connectivity index (χ3v) is 4.95. The molecular formula is C11H14N4O6S. The number of hydrogen-bond acceptors (Lipinski definition) is 6. The number of aliphatic carboxylic acids is 1. The molecule has 0 atom stereocenters. The first kappa shape index (κ1) is 15.9. The van der Waals surface area contributed by atoms with Crippen molar-refractivity contribution in [3.8, 4) is 0 Å². The van der Waals surface area contributed by atoms with Gasteiger partial charge < -0.3 is 9.67 Å². The summed E-state index contributed by atoms with van der Waals surface area (Å²) in [5, 5.41) is 8.16. The van der Waals surface area contributed by atoms with Crippen LogP contribution in [0.5, 0.6) is 0 Å². The molecule has 0 spiro atoms. The van der Waals surface area contributed by atoms with Crippen molar-refractivity contribution in [1.82, 2.24) is 18.7 Å². The lowest BCUT2D eigenvalue weighted by Crippen LogP contribution is -2.37. The monoisotopic (exact) mass is 330 g/mol. The van der Waals surface area contributed by atoms with E-state index in [1.54, 1.807) is 0 Å². The fourth-order valence-electron chi connectivity index (χ4n) is 2.15. The zero-order chi connectivity index (χ0) is 16.8. The summed E-state index contributed by atoms with van der Waals surface area (Å²) >= 11 is 0. The van der Waals surface area contributed by atoms with Crippen molar-refractivity contribution in [2.24, 2.45) is 21.1 Å². The molecule has 0 aliphatic carbocycles. The van der Waals surface area contributed by atoms with Gasteiger partial charge in [0.15, 0.2) is 11.2 Å². The number of rotatable bonds is 4. The number of fused-ring (bicyclic) bond motifs is 1. The summed E-state index contributed by atoms with van der Waals surface area (Å²) in [6, 6.07) is 0. The first-order valence-electron chi connectivity index (χ1n) is 6.15. The molecule has 0 saturated carbocycles. The summed E-state index contributed by atoms with van der Waals surface area (Å²) in [5.74, 6) is -1.90. The van der Waals surface area contributed by atoms with Gasteiger partial charge in [0, 0.05) is 21.1 Å². The Morgan fingerprint density at radius 2 is 1.73 bits per heavy atom. The highest BCUT2D eigenvalue weighted by atomic mass is 32.2. The van der Waals surface area contributed by atoms with Crippen molar-refractivity contribution in [3.05, 3.63) is 20.8 Å². The largest absolute Gasteiger partial charge is 0.481 e. The van der Waals surface area contributed by atoms with Crippen LogP contribution in [0.25, 0.3) is 11.2 Å². The zero-order valence-corrected chi connectivity index (χ0v) is 12.9. The fourth-order valence-corrected chi connectivity index (χ4v) is 3.51. The van der Waals surface area contributed by atoms with E-state index in [1.165, 1.54) is 21.1 Å². The number of carboxylic acid groups (broad SMARTS) is 1. The number of carbonyl (C=O) groups is 1. The molecule has 10 nitrogen and oxygen atoms in total. The fraction of sp³-hybridized carbons (Fsp3) is 0.455. The Morgan fingerprint density at radius 3 is 2.27 bits per heavy atom. The normalized spacial score (nSPS) is 12.0. The topological polar surface area (TPSA) is 133 Å². The Hall–Kier alpha value is -2.43. The van der Waals surface area contributed by atoms with Gasteiger partial charge >= 0.3 is 11.7 Å². The Morgan fingerprint density at radius 1 is 1.14 bits per heavy atom. The Balaban J connectivity index is 2.79. The molecule has 0 saturated heterocycles. The van der Waals surface area contributed by atoms with Crippen LogP contribution >= 0.6 is 0 Å².